The first-order chi connectivity index (χ1) is 14.9. The smallest absolute Gasteiger partial charge is 0.256 e. The molecule has 7 heteroatoms. The van der Waals surface area contributed by atoms with Crippen LogP contribution in [0.2, 0.25) is 0 Å². The molecule has 0 radical (unpaired) electrons. The Labute approximate surface area is 177 Å². The van der Waals surface area contributed by atoms with Gasteiger partial charge in [0, 0.05) is 17.7 Å². The van der Waals surface area contributed by atoms with Crippen molar-refractivity contribution in [1.29, 1.82) is 0 Å². The Morgan fingerprint density at radius 2 is 1.81 bits per heavy atom. The summed E-state index contributed by atoms with van der Waals surface area (Å²) >= 11 is 0. The van der Waals surface area contributed by atoms with Crippen molar-refractivity contribution in [1.82, 2.24) is 14.8 Å². The highest BCUT2D eigenvalue weighted by molar-refractivity contribution is 6.13. The van der Waals surface area contributed by atoms with Crippen LogP contribution < -0.4 is 5.32 Å². The number of fused-ring (bicyclic) bond motifs is 1. The van der Waals surface area contributed by atoms with Crippen molar-refractivity contribution in [3.63, 3.8) is 0 Å². The molecule has 0 aliphatic heterocycles. The second kappa shape index (κ2) is 7.27. The molecule has 31 heavy (non-hydrogen) atoms. The summed E-state index contributed by atoms with van der Waals surface area (Å²) in [6, 6.07) is 12.6. The largest absolute Gasteiger partial charge is 0.319 e. The molecule has 2 heterocycles. The zero-order chi connectivity index (χ0) is 21.7. The summed E-state index contributed by atoms with van der Waals surface area (Å²) in [6.45, 7) is 3.82. The lowest BCUT2D eigenvalue weighted by Gasteiger charge is -2.10. The Kier molecular flexibility index (Phi) is 4.54. The Morgan fingerprint density at radius 1 is 1.06 bits per heavy atom. The minimum atomic E-state index is -0.700. The van der Waals surface area contributed by atoms with Gasteiger partial charge in [-0.05, 0) is 57.0 Å². The van der Waals surface area contributed by atoms with Gasteiger partial charge in [0.2, 0.25) is 0 Å². The molecule has 5 nitrogen and oxygen atoms in total. The second-order valence-corrected chi connectivity index (χ2v) is 7.98. The van der Waals surface area contributed by atoms with Crippen molar-refractivity contribution < 1.29 is 13.6 Å². The van der Waals surface area contributed by atoms with E-state index in [9.17, 15) is 13.6 Å². The summed E-state index contributed by atoms with van der Waals surface area (Å²) in [5.41, 5.74) is 4.14. The maximum atomic E-state index is 14.1. The molecule has 4 aromatic rings. The number of nitrogens with one attached hydrogen (secondary N) is 1. The molecule has 1 aliphatic carbocycles. The summed E-state index contributed by atoms with van der Waals surface area (Å²) in [5, 5.41) is 7.74. The van der Waals surface area contributed by atoms with Crippen LogP contribution in [0.3, 0.4) is 0 Å². The number of nitrogens with zero attached hydrogens (tertiary/aromatic N) is 3. The molecule has 1 fully saturated rings. The maximum Gasteiger partial charge on any atom is 0.256 e. The van der Waals surface area contributed by atoms with Gasteiger partial charge in [-0.25, -0.2) is 18.4 Å². The van der Waals surface area contributed by atoms with Crippen LogP contribution >= 0.6 is 0 Å². The SMILES string of the molecule is Cc1ccc(-n2nc(C)c3c(C(=O)Nc4cc(F)ccc4F)cc(C4CC4)nc32)cc1. The van der Waals surface area contributed by atoms with Crippen LogP contribution in [0.15, 0.2) is 48.5 Å². The average molecular weight is 418 g/mol. The zero-order valence-corrected chi connectivity index (χ0v) is 17.1. The van der Waals surface area contributed by atoms with E-state index in [0.29, 0.717) is 28.2 Å². The van der Waals surface area contributed by atoms with Gasteiger partial charge >= 0.3 is 0 Å². The van der Waals surface area contributed by atoms with Gasteiger partial charge in [0.1, 0.15) is 11.6 Å². The van der Waals surface area contributed by atoms with Crippen molar-refractivity contribution >= 4 is 22.6 Å². The predicted octanol–water partition coefficient (Wildman–Crippen LogP) is 5.45. The van der Waals surface area contributed by atoms with E-state index in [2.05, 4.69) is 10.4 Å². The van der Waals surface area contributed by atoms with Crippen molar-refractivity contribution in [3.05, 3.63) is 82.7 Å². The van der Waals surface area contributed by atoms with Crippen LogP contribution in [0.4, 0.5) is 14.5 Å². The molecule has 0 saturated heterocycles. The van der Waals surface area contributed by atoms with Crippen LogP contribution in [-0.2, 0) is 0 Å². The molecular weight excluding hydrogens is 398 g/mol. The number of carbonyl (C=O) groups is 1. The lowest BCUT2D eigenvalue weighted by atomic mass is 10.1. The van der Waals surface area contributed by atoms with E-state index in [0.717, 1.165) is 48.0 Å². The third kappa shape index (κ3) is 3.56. The first kappa shape index (κ1) is 19.4. The number of benzene rings is 2. The molecule has 1 amide bonds. The van der Waals surface area contributed by atoms with Gasteiger partial charge in [0.25, 0.3) is 5.91 Å². The minimum absolute atomic E-state index is 0.202. The summed E-state index contributed by atoms with van der Waals surface area (Å²) in [5.74, 6) is -1.55. The Balaban J connectivity index is 1.66. The monoisotopic (exact) mass is 418 g/mol. The molecule has 156 valence electrons. The number of amides is 1. The van der Waals surface area contributed by atoms with E-state index in [1.54, 1.807) is 10.7 Å². The molecule has 0 unspecified atom stereocenters. The minimum Gasteiger partial charge on any atom is -0.319 e. The van der Waals surface area contributed by atoms with E-state index >= 15 is 0 Å². The molecular formula is C24H20F2N4O. The van der Waals surface area contributed by atoms with E-state index < -0.39 is 17.5 Å². The number of carbonyl (C=O) groups excluding carboxylic acids is 1. The summed E-state index contributed by atoms with van der Waals surface area (Å²) < 4.78 is 29.4. The van der Waals surface area contributed by atoms with Crippen molar-refractivity contribution in [2.75, 3.05) is 5.32 Å². The summed E-state index contributed by atoms with van der Waals surface area (Å²) in [6.07, 6.45) is 2.02. The number of anilines is 1. The topological polar surface area (TPSA) is 59.8 Å². The molecule has 5 rings (SSSR count). The molecule has 0 spiro atoms. The number of aromatic nitrogens is 3. The van der Waals surface area contributed by atoms with Gasteiger partial charge in [-0.3, -0.25) is 4.79 Å². The van der Waals surface area contributed by atoms with Crippen LogP contribution in [0.5, 0.6) is 0 Å². The fourth-order valence-corrected chi connectivity index (χ4v) is 3.72. The summed E-state index contributed by atoms with van der Waals surface area (Å²) in [4.78, 5) is 18.0. The van der Waals surface area contributed by atoms with Crippen LogP contribution in [0.25, 0.3) is 16.7 Å². The molecule has 2 aromatic carbocycles. The molecule has 2 aromatic heterocycles. The van der Waals surface area contributed by atoms with Gasteiger partial charge in [-0.2, -0.15) is 5.10 Å². The Morgan fingerprint density at radius 3 is 2.52 bits per heavy atom. The number of pyridine rings is 1. The van der Waals surface area contributed by atoms with Gasteiger partial charge in [0.15, 0.2) is 5.65 Å². The van der Waals surface area contributed by atoms with E-state index in [1.165, 1.54) is 0 Å². The fraction of sp³-hybridized carbons (Fsp3) is 0.208. The Hall–Kier alpha value is -3.61. The number of hydrogen-bond acceptors (Lipinski definition) is 3. The van der Waals surface area contributed by atoms with Gasteiger partial charge < -0.3 is 5.32 Å². The third-order valence-electron chi connectivity index (χ3n) is 5.53. The van der Waals surface area contributed by atoms with Crippen LogP contribution in [0.1, 0.15) is 46.1 Å². The maximum absolute atomic E-state index is 14.1. The highest BCUT2D eigenvalue weighted by Crippen LogP contribution is 2.41. The first-order valence-corrected chi connectivity index (χ1v) is 10.1. The third-order valence-corrected chi connectivity index (χ3v) is 5.53. The van der Waals surface area contributed by atoms with Gasteiger partial charge in [-0.15, -0.1) is 0 Å². The molecule has 1 aliphatic rings. The summed E-state index contributed by atoms with van der Waals surface area (Å²) in [7, 11) is 0. The second-order valence-electron chi connectivity index (χ2n) is 7.98. The first-order valence-electron chi connectivity index (χ1n) is 10.1. The zero-order valence-electron chi connectivity index (χ0n) is 17.1. The number of halogens is 2. The predicted molar refractivity (Wildman–Crippen MR) is 115 cm³/mol. The molecule has 0 bridgehead atoms. The average Bonchev–Trinajstić information content (AvgIpc) is 3.55. The van der Waals surface area contributed by atoms with Crippen molar-refractivity contribution in [2.24, 2.45) is 0 Å². The van der Waals surface area contributed by atoms with Gasteiger partial charge in [0.05, 0.1) is 28.0 Å². The highest BCUT2D eigenvalue weighted by Gasteiger charge is 2.29. The van der Waals surface area contributed by atoms with E-state index in [1.807, 2.05) is 38.1 Å². The van der Waals surface area contributed by atoms with E-state index in [4.69, 9.17) is 4.98 Å². The van der Waals surface area contributed by atoms with Gasteiger partial charge in [-0.1, -0.05) is 17.7 Å². The fourth-order valence-electron chi connectivity index (χ4n) is 3.72. The molecule has 0 atom stereocenters. The van der Waals surface area contributed by atoms with E-state index in [-0.39, 0.29) is 5.69 Å². The molecule has 1 N–H and O–H groups in total. The quantitative estimate of drug-likeness (QED) is 0.480. The lowest BCUT2D eigenvalue weighted by molar-refractivity contribution is 0.102. The normalized spacial score (nSPS) is 13.5. The van der Waals surface area contributed by atoms with Crippen molar-refractivity contribution in [2.45, 2.75) is 32.6 Å². The number of rotatable bonds is 4. The standard InChI is InChI=1S/C24H20F2N4O/c1-13-3-8-17(9-4-13)30-23-22(14(2)29-30)18(12-20(27-23)15-5-6-15)24(31)28-21-11-16(25)7-10-19(21)26/h3-4,7-12,15H,5-6H2,1-2H3,(H,28,31). The van der Waals surface area contributed by atoms with Crippen molar-refractivity contribution in [3.8, 4) is 5.69 Å². The Bertz CT molecular complexity index is 1320. The van der Waals surface area contributed by atoms with Crippen LogP contribution in [0, 0.1) is 25.5 Å². The number of hydrogen-bond donors (Lipinski definition) is 1. The number of aryl methyl sites for hydroxylation is 2. The molecule has 1 saturated carbocycles. The lowest BCUT2D eigenvalue weighted by Crippen LogP contribution is -2.15. The highest BCUT2D eigenvalue weighted by atomic mass is 19.1. The van der Waals surface area contributed by atoms with Crippen LogP contribution in [-0.4, -0.2) is 20.7 Å².